The second-order valence-electron chi connectivity index (χ2n) is 4.60. The van der Waals surface area contributed by atoms with E-state index < -0.39 is 23.8 Å². The summed E-state index contributed by atoms with van der Waals surface area (Å²) in [4.78, 5) is 23.6. The van der Waals surface area contributed by atoms with Gasteiger partial charge in [0.1, 0.15) is 5.82 Å². The van der Waals surface area contributed by atoms with Crippen molar-refractivity contribution in [2.75, 3.05) is 5.73 Å². The smallest absolute Gasteiger partial charge is 0.341 e. The number of amides is 1. The molecule has 0 aromatic heterocycles. The number of esters is 1. The van der Waals surface area contributed by atoms with Gasteiger partial charge in [-0.3, -0.25) is 4.79 Å². The van der Waals surface area contributed by atoms with E-state index >= 15 is 0 Å². The Balaban J connectivity index is 2.70. The molecule has 2 unspecified atom stereocenters. The van der Waals surface area contributed by atoms with Gasteiger partial charge in [-0.2, -0.15) is 0 Å². The highest BCUT2D eigenvalue weighted by Crippen LogP contribution is 2.15. The third-order valence-corrected chi connectivity index (χ3v) is 2.89. The summed E-state index contributed by atoms with van der Waals surface area (Å²) in [5.74, 6) is -1.82. The van der Waals surface area contributed by atoms with Gasteiger partial charge in [-0.1, -0.05) is 6.92 Å². The Morgan fingerprint density at radius 3 is 2.65 bits per heavy atom. The second-order valence-corrected chi connectivity index (χ2v) is 4.60. The lowest BCUT2D eigenvalue weighted by molar-refractivity contribution is -0.129. The molecule has 1 amide bonds. The summed E-state index contributed by atoms with van der Waals surface area (Å²) < 4.78 is 18.1. The Labute approximate surface area is 117 Å². The normalized spacial score (nSPS) is 13.4. The van der Waals surface area contributed by atoms with Crippen LogP contribution in [0.3, 0.4) is 0 Å². The molecule has 1 aromatic rings. The number of nitrogens with one attached hydrogen (secondary N) is 1. The molecule has 0 heterocycles. The lowest BCUT2D eigenvalue weighted by atomic mass is 10.2. The van der Waals surface area contributed by atoms with Gasteiger partial charge in [-0.15, -0.1) is 0 Å². The lowest BCUT2D eigenvalue weighted by Gasteiger charge is -2.17. The summed E-state index contributed by atoms with van der Waals surface area (Å²) >= 11 is 0. The molecule has 0 aliphatic heterocycles. The predicted molar refractivity (Wildman–Crippen MR) is 73.6 cm³/mol. The minimum Gasteiger partial charge on any atom is -0.449 e. The van der Waals surface area contributed by atoms with Crippen LogP contribution in [0.5, 0.6) is 0 Å². The molecule has 2 atom stereocenters. The van der Waals surface area contributed by atoms with Gasteiger partial charge >= 0.3 is 5.97 Å². The van der Waals surface area contributed by atoms with Crippen LogP contribution in [0, 0.1) is 5.82 Å². The molecule has 0 saturated carbocycles. The highest BCUT2D eigenvalue weighted by Gasteiger charge is 2.21. The average Bonchev–Trinajstić information content (AvgIpc) is 2.40. The fourth-order valence-electron chi connectivity index (χ4n) is 1.45. The van der Waals surface area contributed by atoms with Crippen LogP contribution in [-0.4, -0.2) is 24.0 Å². The van der Waals surface area contributed by atoms with Crippen LogP contribution < -0.4 is 11.1 Å². The van der Waals surface area contributed by atoms with Crippen molar-refractivity contribution in [1.82, 2.24) is 5.32 Å². The number of benzene rings is 1. The van der Waals surface area contributed by atoms with Gasteiger partial charge in [-0.05, 0) is 38.5 Å². The quantitative estimate of drug-likeness (QED) is 0.638. The van der Waals surface area contributed by atoms with Crippen LogP contribution in [0.4, 0.5) is 10.1 Å². The maximum absolute atomic E-state index is 13.1. The van der Waals surface area contributed by atoms with E-state index in [1.165, 1.54) is 13.0 Å². The third-order valence-electron chi connectivity index (χ3n) is 2.89. The predicted octanol–water partition coefficient (Wildman–Crippen LogP) is 1.87. The zero-order valence-corrected chi connectivity index (χ0v) is 11.8. The van der Waals surface area contributed by atoms with Crippen molar-refractivity contribution >= 4 is 17.6 Å². The molecule has 0 radical (unpaired) electrons. The molecule has 0 aliphatic rings. The Kier molecular flexibility index (Phi) is 5.49. The Morgan fingerprint density at radius 2 is 2.05 bits per heavy atom. The van der Waals surface area contributed by atoms with E-state index in [-0.39, 0.29) is 17.3 Å². The summed E-state index contributed by atoms with van der Waals surface area (Å²) in [5, 5.41) is 2.69. The molecule has 0 aliphatic carbocycles. The molecule has 1 aromatic carbocycles. The molecule has 0 bridgehead atoms. The largest absolute Gasteiger partial charge is 0.449 e. The van der Waals surface area contributed by atoms with Gasteiger partial charge in [0.15, 0.2) is 6.10 Å². The number of carbonyl (C=O) groups is 2. The van der Waals surface area contributed by atoms with Crippen molar-refractivity contribution in [3.63, 3.8) is 0 Å². The summed E-state index contributed by atoms with van der Waals surface area (Å²) in [5.41, 5.74) is 5.59. The summed E-state index contributed by atoms with van der Waals surface area (Å²) in [6.45, 7) is 5.22. The maximum atomic E-state index is 13.1. The van der Waals surface area contributed by atoms with E-state index in [0.29, 0.717) is 0 Å². The Morgan fingerprint density at radius 1 is 1.40 bits per heavy atom. The molecule has 0 spiro atoms. The molecule has 1 rings (SSSR count). The Hall–Kier alpha value is -2.11. The summed E-state index contributed by atoms with van der Waals surface area (Å²) in [6.07, 6.45) is -0.206. The molecule has 0 fully saturated rings. The number of nitrogens with two attached hydrogens (primary N) is 1. The van der Waals surface area contributed by atoms with Crippen molar-refractivity contribution in [3.8, 4) is 0 Å². The van der Waals surface area contributed by atoms with E-state index in [9.17, 15) is 14.0 Å². The highest BCUT2D eigenvalue weighted by molar-refractivity contribution is 5.96. The van der Waals surface area contributed by atoms with Crippen LogP contribution in [0.15, 0.2) is 18.2 Å². The van der Waals surface area contributed by atoms with E-state index in [1.807, 2.05) is 13.8 Å². The van der Waals surface area contributed by atoms with Crippen LogP contribution in [-0.2, 0) is 9.53 Å². The van der Waals surface area contributed by atoms with Gasteiger partial charge < -0.3 is 15.8 Å². The minimum absolute atomic E-state index is 0.0112. The fourth-order valence-corrected chi connectivity index (χ4v) is 1.45. The molecular weight excluding hydrogens is 263 g/mol. The zero-order chi connectivity index (χ0) is 15.3. The standard InChI is InChI=1S/C14H19FN2O3/c1-4-8(2)17-13(18)9(3)20-14(19)11-7-10(15)5-6-12(11)16/h5-9H,4,16H2,1-3H3,(H,17,18). The van der Waals surface area contributed by atoms with Gasteiger partial charge in [0.2, 0.25) is 0 Å². The maximum Gasteiger partial charge on any atom is 0.341 e. The molecule has 110 valence electrons. The van der Waals surface area contributed by atoms with Crippen LogP contribution in [0.25, 0.3) is 0 Å². The van der Waals surface area contributed by atoms with E-state index in [1.54, 1.807) is 0 Å². The fraction of sp³-hybridized carbons (Fsp3) is 0.429. The molecule has 3 N–H and O–H groups in total. The van der Waals surface area contributed by atoms with E-state index in [4.69, 9.17) is 10.5 Å². The monoisotopic (exact) mass is 282 g/mol. The topological polar surface area (TPSA) is 81.4 Å². The first-order valence-electron chi connectivity index (χ1n) is 6.41. The summed E-state index contributed by atoms with van der Waals surface area (Å²) in [7, 11) is 0. The third kappa shape index (κ3) is 4.22. The number of halogens is 1. The van der Waals surface area contributed by atoms with Crippen molar-refractivity contribution in [2.45, 2.75) is 39.3 Å². The van der Waals surface area contributed by atoms with Gasteiger partial charge in [-0.25, -0.2) is 9.18 Å². The number of carbonyl (C=O) groups excluding carboxylic acids is 2. The van der Waals surface area contributed by atoms with E-state index in [0.717, 1.165) is 18.6 Å². The minimum atomic E-state index is -0.973. The zero-order valence-electron chi connectivity index (χ0n) is 11.8. The van der Waals surface area contributed by atoms with E-state index in [2.05, 4.69) is 5.32 Å². The van der Waals surface area contributed by atoms with Crippen LogP contribution in [0.1, 0.15) is 37.6 Å². The van der Waals surface area contributed by atoms with Gasteiger partial charge in [0.25, 0.3) is 5.91 Å². The molecular formula is C14H19FN2O3. The molecule has 20 heavy (non-hydrogen) atoms. The molecule has 0 saturated heterocycles. The van der Waals surface area contributed by atoms with Crippen molar-refractivity contribution in [1.29, 1.82) is 0 Å². The first kappa shape index (κ1) is 15.9. The number of rotatable bonds is 5. The SMILES string of the molecule is CCC(C)NC(=O)C(C)OC(=O)c1cc(F)ccc1N. The highest BCUT2D eigenvalue weighted by atomic mass is 19.1. The van der Waals surface area contributed by atoms with Crippen molar-refractivity contribution in [3.05, 3.63) is 29.6 Å². The number of hydrogen-bond acceptors (Lipinski definition) is 4. The number of nitrogen functional groups attached to an aromatic ring is 1. The van der Waals surface area contributed by atoms with Crippen molar-refractivity contribution < 1.29 is 18.7 Å². The first-order valence-corrected chi connectivity index (χ1v) is 6.41. The van der Waals surface area contributed by atoms with Crippen LogP contribution in [0.2, 0.25) is 0 Å². The second kappa shape index (κ2) is 6.88. The van der Waals surface area contributed by atoms with Crippen molar-refractivity contribution in [2.24, 2.45) is 0 Å². The van der Waals surface area contributed by atoms with Gasteiger partial charge in [0.05, 0.1) is 5.56 Å². The number of anilines is 1. The number of hydrogen-bond donors (Lipinski definition) is 2. The Bertz CT molecular complexity index is 505. The molecule has 5 nitrogen and oxygen atoms in total. The van der Waals surface area contributed by atoms with Gasteiger partial charge in [0, 0.05) is 11.7 Å². The number of ether oxygens (including phenoxy) is 1. The van der Waals surface area contributed by atoms with Crippen LogP contribution >= 0.6 is 0 Å². The lowest BCUT2D eigenvalue weighted by Crippen LogP contribution is -2.40. The summed E-state index contributed by atoms with van der Waals surface area (Å²) in [6, 6.07) is 3.39. The molecule has 6 heteroatoms. The average molecular weight is 282 g/mol. The first-order chi connectivity index (χ1) is 9.35.